The van der Waals surface area contributed by atoms with Gasteiger partial charge in [-0.3, -0.25) is 9.55 Å². The van der Waals surface area contributed by atoms with E-state index in [4.69, 9.17) is 19.1 Å². The van der Waals surface area contributed by atoms with Crippen LogP contribution in [0, 0.1) is 0 Å². The summed E-state index contributed by atoms with van der Waals surface area (Å²) in [6.45, 7) is 6.62. The van der Waals surface area contributed by atoms with E-state index in [1.807, 2.05) is 60.8 Å². The Morgan fingerprint density at radius 3 is 2.15 bits per heavy atom. The minimum absolute atomic E-state index is 0.0525. The zero-order valence-corrected chi connectivity index (χ0v) is 33.9. The Kier molecular flexibility index (Phi) is 8.54. The van der Waals surface area contributed by atoms with Crippen LogP contribution in [0.1, 0.15) is 31.9 Å². The highest BCUT2D eigenvalue weighted by atomic mass is 19.3. The van der Waals surface area contributed by atoms with Gasteiger partial charge < -0.3 is 9.15 Å². The average molecular weight is 816 g/mol. The highest BCUT2D eigenvalue weighted by Crippen LogP contribution is 2.44. The lowest BCUT2D eigenvalue weighted by atomic mass is 9.88. The fraction of sp³-hybridized carbons (Fsp3) is 0.0741. The van der Waals surface area contributed by atoms with Gasteiger partial charge in [0.05, 0.1) is 16.7 Å². The lowest BCUT2D eigenvalue weighted by molar-refractivity contribution is 0.410. The zero-order chi connectivity index (χ0) is 42.3. The lowest BCUT2D eigenvalue weighted by Gasteiger charge is -2.20. The zero-order valence-electron chi connectivity index (χ0n) is 33.9. The van der Waals surface area contributed by atoms with E-state index < -0.39 is 11.9 Å². The predicted molar refractivity (Wildman–Crippen MR) is 245 cm³/mol. The summed E-state index contributed by atoms with van der Waals surface area (Å²) in [5.74, 6) is 0.611. The molecular formula is C54H36F3N3O2. The van der Waals surface area contributed by atoms with Crippen molar-refractivity contribution in [3.05, 3.63) is 181 Å². The summed E-state index contributed by atoms with van der Waals surface area (Å²) in [4.78, 5) is 9.59. The number of halogens is 3. The van der Waals surface area contributed by atoms with Crippen molar-refractivity contribution < 1.29 is 22.3 Å². The second kappa shape index (κ2) is 14.2. The Balaban J connectivity index is 1.08. The first-order valence-corrected chi connectivity index (χ1v) is 20.4. The molecule has 0 amide bonds. The summed E-state index contributed by atoms with van der Waals surface area (Å²) < 4.78 is 55.6. The number of para-hydroxylation sites is 1. The molecule has 8 heteroatoms. The second-order valence-corrected chi connectivity index (χ2v) is 16.6. The molecular weight excluding hydrogens is 780 g/mol. The summed E-state index contributed by atoms with van der Waals surface area (Å²) in [7, 11) is 0. The molecule has 0 unspecified atom stereocenters. The molecule has 0 aliphatic heterocycles. The Bertz CT molecular complexity index is 3620. The minimum atomic E-state index is -2.34. The first kappa shape index (κ1) is 37.3. The SMILES string of the molecule is CC(C)(C)c1ccnc(-n2c3ccccc3c3ccc(Oc4cc(-c5ccccn5)c5oc6ccc7c8cc(-c9ccc(C(F)=C(F)F)cc9)ccc8ccc7c6c5c4)cc32)c1. The fourth-order valence-electron chi connectivity index (χ4n) is 8.76. The molecule has 0 bridgehead atoms. The molecule has 0 N–H and O–H groups in total. The van der Waals surface area contributed by atoms with E-state index in [-0.39, 0.29) is 11.0 Å². The number of hydrogen-bond acceptors (Lipinski definition) is 4. The standard InChI is InChI=1S/C54H36F3N3O2/c1-54(2,3)35-23-25-59-49(27-35)60-46-10-5-4-8-39(46)40-20-18-36(30-47(40)60)61-37-28-43(45-9-6-7-24-58-45)52-44(29-37)50-41-19-17-32-13-16-34(26-42(32)38(41)21-22-48(50)62-52)31-11-14-33(15-12-31)51(55)53(56)57/h4-30H,1-3H3. The number of furan rings is 1. The van der Waals surface area contributed by atoms with Crippen LogP contribution in [-0.2, 0) is 5.41 Å². The number of ether oxygens (including phenoxy) is 1. The molecule has 0 radical (unpaired) electrons. The molecule has 0 fully saturated rings. The maximum absolute atomic E-state index is 14.0. The van der Waals surface area contributed by atoms with Gasteiger partial charge in [-0.2, -0.15) is 8.78 Å². The van der Waals surface area contributed by atoms with Crippen molar-refractivity contribution in [1.82, 2.24) is 14.5 Å². The van der Waals surface area contributed by atoms with Crippen molar-refractivity contribution >= 4 is 71.1 Å². The van der Waals surface area contributed by atoms with Gasteiger partial charge in [0, 0.05) is 51.1 Å². The third kappa shape index (κ3) is 6.17. The van der Waals surface area contributed by atoms with E-state index in [1.165, 1.54) is 17.7 Å². The number of nitrogens with zero attached hydrogens (tertiary/aromatic N) is 3. The molecule has 4 aromatic heterocycles. The Labute approximate surface area is 354 Å². The normalized spacial score (nSPS) is 12.0. The molecule has 7 aromatic carbocycles. The lowest BCUT2D eigenvalue weighted by Crippen LogP contribution is -2.12. The molecule has 0 aliphatic rings. The second-order valence-electron chi connectivity index (χ2n) is 16.6. The van der Waals surface area contributed by atoms with Gasteiger partial charge in [-0.15, -0.1) is 0 Å². The molecule has 11 rings (SSSR count). The van der Waals surface area contributed by atoms with E-state index >= 15 is 0 Å². The molecule has 300 valence electrons. The van der Waals surface area contributed by atoms with Crippen LogP contribution in [0.2, 0.25) is 0 Å². The largest absolute Gasteiger partial charge is 0.457 e. The topological polar surface area (TPSA) is 53.1 Å². The molecule has 4 heterocycles. The van der Waals surface area contributed by atoms with Crippen LogP contribution in [0.15, 0.2) is 175 Å². The van der Waals surface area contributed by atoms with E-state index in [0.717, 1.165) is 87.9 Å². The number of fused-ring (bicyclic) bond motifs is 10. The molecule has 0 aliphatic carbocycles. The maximum Gasteiger partial charge on any atom is 0.306 e. The molecule has 0 saturated heterocycles. The van der Waals surface area contributed by atoms with E-state index in [2.05, 4.69) is 98.1 Å². The summed E-state index contributed by atoms with van der Waals surface area (Å²) in [6.07, 6.45) is 1.31. The van der Waals surface area contributed by atoms with Gasteiger partial charge in [0.25, 0.3) is 0 Å². The van der Waals surface area contributed by atoms with Crippen LogP contribution in [0.4, 0.5) is 13.2 Å². The fourth-order valence-corrected chi connectivity index (χ4v) is 8.76. The van der Waals surface area contributed by atoms with Gasteiger partial charge in [0.15, 0.2) is 5.83 Å². The molecule has 0 atom stereocenters. The quantitative estimate of drug-likeness (QED) is 0.157. The van der Waals surface area contributed by atoms with Gasteiger partial charge >= 0.3 is 6.08 Å². The molecule has 0 spiro atoms. The highest BCUT2D eigenvalue weighted by molar-refractivity contribution is 6.25. The first-order chi connectivity index (χ1) is 30.1. The van der Waals surface area contributed by atoms with E-state index in [9.17, 15) is 13.2 Å². The highest BCUT2D eigenvalue weighted by Gasteiger charge is 2.21. The van der Waals surface area contributed by atoms with Crippen LogP contribution < -0.4 is 4.74 Å². The van der Waals surface area contributed by atoms with Gasteiger partial charge in [0.2, 0.25) is 0 Å². The van der Waals surface area contributed by atoms with Crippen LogP contribution in [0.5, 0.6) is 11.5 Å². The van der Waals surface area contributed by atoms with Crippen molar-refractivity contribution in [3.63, 3.8) is 0 Å². The number of aromatic nitrogens is 3. The Morgan fingerprint density at radius 2 is 1.34 bits per heavy atom. The van der Waals surface area contributed by atoms with Crippen molar-refractivity contribution in [2.24, 2.45) is 0 Å². The number of benzene rings is 7. The van der Waals surface area contributed by atoms with Crippen molar-refractivity contribution in [2.75, 3.05) is 0 Å². The molecule has 0 saturated carbocycles. The number of pyridine rings is 2. The third-order valence-electron chi connectivity index (χ3n) is 11.8. The van der Waals surface area contributed by atoms with Crippen LogP contribution in [0.3, 0.4) is 0 Å². The third-order valence-corrected chi connectivity index (χ3v) is 11.8. The van der Waals surface area contributed by atoms with Gasteiger partial charge in [-0.25, -0.2) is 9.37 Å². The first-order valence-electron chi connectivity index (χ1n) is 20.4. The average Bonchev–Trinajstić information content (AvgIpc) is 3.84. The maximum atomic E-state index is 14.0. The van der Waals surface area contributed by atoms with Gasteiger partial charge in [-0.05, 0) is 110 Å². The predicted octanol–water partition coefficient (Wildman–Crippen LogP) is 15.7. The summed E-state index contributed by atoms with van der Waals surface area (Å²) in [5, 5.41) is 8.08. The van der Waals surface area contributed by atoms with Crippen molar-refractivity contribution in [3.8, 4) is 39.7 Å². The van der Waals surface area contributed by atoms with Crippen LogP contribution in [0.25, 0.3) is 99.3 Å². The van der Waals surface area contributed by atoms with Gasteiger partial charge in [-0.1, -0.05) is 99.6 Å². The van der Waals surface area contributed by atoms with E-state index in [1.54, 1.807) is 18.3 Å². The monoisotopic (exact) mass is 815 g/mol. The van der Waals surface area contributed by atoms with E-state index in [0.29, 0.717) is 17.1 Å². The Morgan fingerprint density at radius 1 is 0.581 bits per heavy atom. The van der Waals surface area contributed by atoms with Crippen molar-refractivity contribution in [1.29, 1.82) is 0 Å². The van der Waals surface area contributed by atoms with Crippen molar-refractivity contribution in [2.45, 2.75) is 26.2 Å². The van der Waals surface area contributed by atoms with Gasteiger partial charge in [0.1, 0.15) is 28.5 Å². The molecule has 62 heavy (non-hydrogen) atoms. The summed E-state index contributed by atoms with van der Waals surface area (Å²) in [5.41, 5.74) is 7.64. The summed E-state index contributed by atoms with van der Waals surface area (Å²) in [6, 6.07) is 49.1. The molecule has 5 nitrogen and oxygen atoms in total. The van der Waals surface area contributed by atoms with Crippen LogP contribution >= 0.6 is 0 Å². The number of hydrogen-bond donors (Lipinski definition) is 0. The van der Waals surface area contributed by atoms with Crippen LogP contribution in [-0.4, -0.2) is 14.5 Å². The molecule has 11 aromatic rings. The summed E-state index contributed by atoms with van der Waals surface area (Å²) >= 11 is 0. The minimum Gasteiger partial charge on any atom is -0.457 e. The Hall–Kier alpha value is -7.71. The smallest absolute Gasteiger partial charge is 0.306 e. The number of rotatable bonds is 6.